The van der Waals surface area contributed by atoms with Crippen LogP contribution in [-0.4, -0.2) is 80.2 Å². The highest BCUT2D eigenvalue weighted by molar-refractivity contribution is 7.89. The number of sulfonamides is 1. The number of likely N-dealkylation sites (tertiary alicyclic amines) is 1. The van der Waals surface area contributed by atoms with E-state index in [-0.39, 0.29) is 18.2 Å². The number of benzene rings is 2. The van der Waals surface area contributed by atoms with Gasteiger partial charge in [-0.15, -0.1) is 0 Å². The molecule has 0 radical (unpaired) electrons. The second-order valence-corrected chi connectivity index (χ2v) is 11.4. The van der Waals surface area contributed by atoms with E-state index < -0.39 is 16.1 Å². The Hall–Kier alpha value is -2.75. The number of nitrogens with zero attached hydrogens (tertiary/aromatic N) is 3. The van der Waals surface area contributed by atoms with Crippen LogP contribution in [0.15, 0.2) is 47.4 Å². The zero-order valence-corrected chi connectivity index (χ0v) is 20.8. The summed E-state index contributed by atoms with van der Waals surface area (Å²) in [7, 11) is -1.96. The molecule has 0 unspecified atom stereocenters. The molecule has 2 heterocycles. The first-order valence-electron chi connectivity index (χ1n) is 12.2. The van der Waals surface area contributed by atoms with Gasteiger partial charge in [-0.3, -0.25) is 19.4 Å². The van der Waals surface area contributed by atoms with Crippen molar-refractivity contribution >= 4 is 21.8 Å². The number of imide groups is 1. The molecular formula is C26H31N3O5S. The van der Waals surface area contributed by atoms with Gasteiger partial charge in [0.15, 0.2) is 0 Å². The molecule has 3 aliphatic rings. The number of hydrogen-bond donors (Lipinski definition) is 0. The van der Waals surface area contributed by atoms with Gasteiger partial charge >= 0.3 is 0 Å². The number of hydrogen-bond acceptors (Lipinski definition) is 6. The molecule has 35 heavy (non-hydrogen) atoms. The van der Waals surface area contributed by atoms with Crippen LogP contribution in [0.3, 0.4) is 0 Å². The van der Waals surface area contributed by atoms with Gasteiger partial charge in [-0.25, -0.2) is 8.42 Å². The Morgan fingerprint density at radius 3 is 2.37 bits per heavy atom. The minimum absolute atomic E-state index is 0.152. The van der Waals surface area contributed by atoms with Crippen molar-refractivity contribution in [2.75, 3.05) is 39.8 Å². The monoisotopic (exact) mass is 497 g/mol. The molecule has 0 saturated carbocycles. The third-order valence-electron chi connectivity index (χ3n) is 7.42. The number of aryl methyl sites for hydroxylation is 2. The Balaban J connectivity index is 1.18. The molecule has 0 spiro atoms. The summed E-state index contributed by atoms with van der Waals surface area (Å²) in [5.41, 5.74) is 3.41. The minimum atomic E-state index is -3.57. The lowest BCUT2D eigenvalue weighted by atomic mass is 10.1. The normalized spacial score (nSPS) is 21.5. The SMILES string of the molecule is COc1ccc(CCN2C(=O)C[C@@H](N3CCN(S(=O)(=O)c4ccc5c(c4)CCC5)CC3)C2=O)cc1. The average molecular weight is 498 g/mol. The number of methoxy groups -OCH3 is 1. The van der Waals surface area contributed by atoms with E-state index in [1.165, 1.54) is 14.8 Å². The lowest BCUT2D eigenvalue weighted by molar-refractivity contribution is -0.139. The fraction of sp³-hybridized carbons (Fsp3) is 0.462. The maximum Gasteiger partial charge on any atom is 0.247 e. The van der Waals surface area contributed by atoms with E-state index in [4.69, 9.17) is 4.74 Å². The predicted octanol–water partition coefficient (Wildman–Crippen LogP) is 1.86. The number of ether oxygens (including phenoxy) is 1. The van der Waals surface area contributed by atoms with Crippen LogP contribution in [-0.2, 0) is 38.9 Å². The largest absolute Gasteiger partial charge is 0.497 e. The summed E-state index contributed by atoms with van der Waals surface area (Å²) >= 11 is 0. The van der Waals surface area contributed by atoms with Gasteiger partial charge in [0.1, 0.15) is 5.75 Å². The molecule has 2 aromatic carbocycles. The van der Waals surface area contributed by atoms with Crippen molar-refractivity contribution in [3.8, 4) is 5.75 Å². The molecular weight excluding hydrogens is 466 g/mol. The molecule has 2 aromatic rings. The molecule has 1 aliphatic carbocycles. The van der Waals surface area contributed by atoms with Crippen LogP contribution < -0.4 is 4.74 Å². The van der Waals surface area contributed by atoms with E-state index in [1.54, 1.807) is 13.2 Å². The lowest BCUT2D eigenvalue weighted by Crippen LogP contribution is -2.53. The number of fused-ring (bicyclic) bond motifs is 1. The lowest BCUT2D eigenvalue weighted by Gasteiger charge is -2.36. The van der Waals surface area contributed by atoms with Crippen LogP contribution in [0.4, 0.5) is 0 Å². The summed E-state index contributed by atoms with van der Waals surface area (Å²) in [6, 6.07) is 12.6. The number of amides is 2. The van der Waals surface area contributed by atoms with Crippen LogP contribution in [0.2, 0.25) is 0 Å². The standard InChI is InChI=1S/C26H31N3O5S/c1-34-22-8-5-19(6-9-22)11-12-29-25(30)18-24(26(29)31)27-13-15-28(16-14-27)35(32,33)23-10-7-20-3-2-4-21(20)17-23/h5-10,17,24H,2-4,11-16,18H2,1H3/t24-/m1/s1. The van der Waals surface area contributed by atoms with Gasteiger partial charge in [0.2, 0.25) is 21.8 Å². The van der Waals surface area contributed by atoms with Crippen LogP contribution in [0.5, 0.6) is 5.75 Å². The molecule has 186 valence electrons. The Kier molecular flexibility index (Phi) is 6.65. The van der Waals surface area contributed by atoms with E-state index in [1.807, 2.05) is 41.3 Å². The smallest absolute Gasteiger partial charge is 0.247 e. The zero-order valence-electron chi connectivity index (χ0n) is 20.0. The first kappa shape index (κ1) is 24.0. The summed E-state index contributed by atoms with van der Waals surface area (Å²) in [6.45, 7) is 1.82. The fourth-order valence-electron chi connectivity index (χ4n) is 5.33. The molecule has 1 atom stereocenters. The second kappa shape index (κ2) is 9.72. The van der Waals surface area contributed by atoms with Crippen LogP contribution in [0.1, 0.15) is 29.5 Å². The predicted molar refractivity (Wildman–Crippen MR) is 131 cm³/mol. The number of rotatable bonds is 7. The van der Waals surface area contributed by atoms with Crippen molar-refractivity contribution < 1.29 is 22.7 Å². The molecule has 0 bridgehead atoms. The molecule has 2 amide bonds. The van der Waals surface area contributed by atoms with Gasteiger partial charge in [-0.2, -0.15) is 4.31 Å². The molecule has 0 N–H and O–H groups in total. The Labute approximate surface area is 206 Å². The summed E-state index contributed by atoms with van der Waals surface area (Å²) in [6.07, 6.45) is 3.75. The van der Waals surface area contributed by atoms with Crippen molar-refractivity contribution in [2.24, 2.45) is 0 Å². The summed E-state index contributed by atoms with van der Waals surface area (Å²) in [5.74, 6) is 0.416. The minimum Gasteiger partial charge on any atom is -0.497 e. The van der Waals surface area contributed by atoms with E-state index in [9.17, 15) is 18.0 Å². The van der Waals surface area contributed by atoms with Crippen LogP contribution >= 0.6 is 0 Å². The summed E-state index contributed by atoms with van der Waals surface area (Å²) in [5, 5.41) is 0. The van der Waals surface area contributed by atoms with E-state index in [0.717, 1.165) is 36.1 Å². The first-order valence-corrected chi connectivity index (χ1v) is 13.6. The Morgan fingerprint density at radius 1 is 0.943 bits per heavy atom. The van der Waals surface area contributed by atoms with Gasteiger partial charge in [0.05, 0.1) is 24.5 Å². The molecule has 8 nitrogen and oxygen atoms in total. The van der Waals surface area contributed by atoms with Gasteiger partial charge in [-0.05, 0) is 66.6 Å². The second-order valence-electron chi connectivity index (χ2n) is 9.43. The third-order valence-corrected chi connectivity index (χ3v) is 9.32. The van der Waals surface area contributed by atoms with Gasteiger partial charge in [0, 0.05) is 32.7 Å². The van der Waals surface area contributed by atoms with Crippen LogP contribution in [0.25, 0.3) is 0 Å². The number of piperazine rings is 1. The Bertz CT molecular complexity index is 1220. The molecule has 2 fully saturated rings. The highest BCUT2D eigenvalue weighted by Gasteiger charge is 2.43. The van der Waals surface area contributed by atoms with Gasteiger partial charge in [-0.1, -0.05) is 18.2 Å². The fourth-order valence-corrected chi connectivity index (χ4v) is 6.81. The van der Waals surface area contributed by atoms with Crippen molar-refractivity contribution in [3.63, 3.8) is 0 Å². The number of carbonyl (C=O) groups is 2. The van der Waals surface area contributed by atoms with E-state index in [2.05, 4.69) is 0 Å². The van der Waals surface area contributed by atoms with Crippen LogP contribution in [0, 0.1) is 0 Å². The van der Waals surface area contributed by atoms with Crippen molar-refractivity contribution in [1.82, 2.24) is 14.1 Å². The first-order chi connectivity index (χ1) is 16.9. The van der Waals surface area contributed by atoms with Crippen molar-refractivity contribution in [1.29, 1.82) is 0 Å². The molecule has 0 aromatic heterocycles. The third kappa shape index (κ3) is 4.72. The van der Waals surface area contributed by atoms with Gasteiger partial charge < -0.3 is 4.74 Å². The van der Waals surface area contributed by atoms with Crippen molar-refractivity contribution in [3.05, 3.63) is 59.2 Å². The Morgan fingerprint density at radius 2 is 1.66 bits per heavy atom. The highest BCUT2D eigenvalue weighted by Crippen LogP contribution is 2.28. The highest BCUT2D eigenvalue weighted by atomic mass is 32.2. The maximum absolute atomic E-state index is 13.2. The molecule has 9 heteroatoms. The summed E-state index contributed by atoms with van der Waals surface area (Å²) < 4.78 is 33.1. The zero-order chi connectivity index (χ0) is 24.6. The van der Waals surface area contributed by atoms with Crippen molar-refractivity contribution in [2.45, 2.75) is 43.0 Å². The molecule has 2 saturated heterocycles. The molecule has 5 rings (SSSR count). The number of carbonyl (C=O) groups excluding carboxylic acids is 2. The topological polar surface area (TPSA) is 87.2 Å². The molecule has 2 aliphatic heterocycles. The maximum atomic E-state index is 13.2. The summed E-state index contributed by atoms with van der Waals surface area (Å²) in [4.78, 5) is 29.3. The van der Waals surface area contributed by atoms with Gasteiger partial charge in [0.25, 0.3) is 0 Å². The van der Waals surface area contributed by atoms with E-state index in [0.29, 0.717) is 44.0 Å². The quantitative estimate of drug-likeness (QED) is 0.543. The van der Waals surface area contributed by atoms with E-state index >= 15 is 0 Å². The average Bonchev–Trinajstić information content (AvgIpc) is 3.46.